The Hall–Kier alpha value is -2.00. The minimum absolute atomic E-state index is 0.221. The number of ether oxygens (including phenoxy) is 2. The fourth-order valence-electron chi connectivity index (χ4n) is 1.76. The summed E-state index contributed by atoms with van der Waals surface area (Å²) in [7, 11) is 0. The van der Waals surface area contributed by atoms with Gasteiger partial charge in [0.1, 0.15) is 17.6 Å². The molecule has 2 aromatic rings. The predicted molar refractivity (Wildman–Crippen MR) is 78.2 cm³/mol. The lowest BCUT2D eigenvalue weighted by Gasteiger charge is -2.15. The van der Waals surface area contributed by atoms with E-state index in [0.717, 1.165) is 17.1 Å². The number of carbonyl (C=O) groups excluding carboxylic acids is 1. The third kappa shape index (κ3) is 4.00. The molecule has 0 aliphatic heterocycles. The van der Waals surface area contributed by atoms with Crippen LogP contribution in [0.5, 0.6) is 11.5 Å². The molecular formula is C16H15ClO3. The Labute approximate surface area is 123 Å². The monoisotopic (exact) mass is 290 g/mol. The van der Waals surface area contributed by atoms with Gasteiger partial charge in [-0.15, -0.1) is 11.6 Å². The molecule has 104 valence electrons. The average Bonchev–Trinajstić information content (AvgIpc) is 2.46. The van der Waals surface area contributed by atoms with Gasteiger partial charge in [-0.2, -0.15) is 0 Å². The zero-order chi connectivity index (χ0) is 14.4. The van der Waals surface area contributed by atoms with E-state index in [4.69, 9.17) is 21.1 Å². The minimum atomic E-state index is -0.431. The number of halogens is 1. The van der Waals surface area contributed by atoms with Crippen molar-refractivity contribution in [3.05, 3.63) is 60.2 Å². The van der Waals surface area contributed by atoms with E-state index in [1.54, 1.807) is 0 Å². The smallest absolute Gasteiger partial charge is 0.303 e. The van der Waals surface area contributed by atoms with Gasteiger partial charge in [0.2, 0.25) is 0 Å². The van der Waals surface area contributed by atoms with E-state index in [9.17, 15) is 4.79 Å². The Bertz CT molecular complexity index is 552. The molecule has 4 heteroatoms. The first-order chi connectivity index (χ1) is 9.69. The minimum Gasteiger partial charge on any atom is -0.457 e. The van der Waals surface area contributed by atoms with Crippen LogP contribution < -0.4 is 4.74 Å². The van der Waals surface area contributed by atoms with Crippen LogP contribution in [0.4, 0.5) is 0 Å². The number of para-hydroxylation sites is 1. The summed E-state index contributed by atoms with van der Waals surface area (Å²) in [5.74, 6) is 1.36. The van der Waals surface area contributed by atoms with E-state index < -0.39 is 6.10 Å². The zero-order valence-corrected chi connectivity index (χ0v) is 11.8. The van der Waals surface area contributed by atoms with Crippen LogP contribution in [0.2, 0.25) is 0 Å². The normalized spacial score (nSPS) is 11.7. The summed E-state index contributed by atoms with van der Waals surface area (Å²) in [6, 6.07) is 16.9. The first-order valence-electron chi connectivity index (χ1n) is 6.25. The van der Waals surface area contributed by atoms with E-state index in [-0.39, 0.29) is 11.8 Å². The molecule has 0 bridgehead atoms. The Morgan fingerprint density at radius 3 is 2.20 bits per heavy atom. The van der Waals surface area contributed by atoms with Gasteiger partial charge in [0, 0.05) is 6.92 Å². The van der Waals surface area contributed by atoms with Gasteiger partial charge in [-0.25, -0.2) is 0 Å². The molecule has 0 aromatic heterocycles. The molecule has 0 saturated heterocycles. The summed E-state index contributed by atoms with van der Waals surface area (Å²) in [4.78, 5) is 11.0. The lowest BCUT2D eigenvalue weighted by molar-refractivity contribution is -0.145. The van der Waals surface area contributed by atoms with Crippen LogP contribution in [-0.2, 0) is 9.53 Å². The highest BCUT2D eigenvalue weighted by Crippen LogP contribution is 2.25. The van der Waals surface area contributed by atoms with Gasteiger partial charge in [0.25, 0.3) is 0 Å². The fraction of sp³-hybridized carbons (Fsp3) is 0.188. The van der Waals surface area contributed by atoms with Crippen LogP contribution in [0.25, 0.3) is 0 Å². The van der Waals surface area contributed by atoms with Crippen molar-refractivity contribution in [2.45, 2.75) is 13.0 Å². The molecule has 0 aliphatic rings. The number of benzene rings is 2. The van der Waals surface area contributed by atoms with E-state index in [1.165, 1.54) is 6.92 Å². The number of carbonyl (C=O) groups is 1. The van der Waals surface area contributed by atoms with Crippen molar-refractivity contribution < 1.29 is 14.3 Å². The second kappa shape index (κ2) is 6.96. The molecule has 0 N–H and O–H groups in total. The summed E-state index contributed by atoms with van der Waals surface area (Å²) in [5.41, 5.74) is 0.843. The molecule has 1 atom stereocenters. The summed E-state index contributed by atoms with van der Waals surface area (Å²) in [6.45, 7) is 1.37. The maximum Gasteiger partial charge on any atom is 0.303 e. The standard InChI is InChI=1S/C16H15ClO3/c1-12(18)19-16(11-17)13-7-9-15(10-8-13)20-14-5-3-2-4-6-14/h2-10,16H,11H2,1H3/t16-/m1/s1. The zero-order valence-electron chi connectivity index (χ0n) is 11.1. The molecule has 0 heterocycles. The lowest BCUT2D eigenvalue weighted by atomic mass is 10.1. The van der Waals surface area contributed by atoms with Crippen molar-refractivity contribution in [2.24, 2.45) is 0 Å². The van der Waals surface area contributed by atoms with Crippen LogP contribution in [0.1, 0.15) is 18.6 Å². The number of alkyl halides is 1. The first kappa shape index (κ1) is 14.4. The van der Waals surface area contributed by atoms with Gasteiger partial charge in [-0.3, -0.25) is 4.79 Å². The molecular weight excluding hydrogens is 276 g/mol. The van der Waals surface area contributed by atoms with E-state index >= 15 is 0 Å². The molecule has 0 saturated carbocycles. The fourth-order valence-corrected chi connectivity index (χ4v) is 2.01. The summed E-state index contributed by atoms with van der Waals surface area (Å²) in [6.07, 6.45) is -0.431. The van der Waals surface area contributed by atoms with Crippen molar-refractivity contribution in [3.63, 3.8) is 0 Å². The maximum absolute atomic E-state index is 11.0. The van der Waals surface area contributed by atoms with Crippen molar-refractivity contribution in [1.29, 1.82) is 0 Å². The van der Waals surface area contributed by atoms with Gasteiger partial charge in [0.05, 0.1) is 5.88 Å². The van der Waals surface area contributed by atoms with Crippen molar-refractivity contribution >= 4 is 17.6 Å². The second-order valence-electron chi connectivity index (χ2n) is 4.24. The first-order valence-corrected chi connectivity index (χ1v) is 6.78. The highest BCUT2D eigenvalue weighted by Gasteiger charge is 2.13. The van der Waals surface area contributed by atoms with E-state index in [2.05, 4.69) is 0 Å². The molecule has 0 aliphatic carbocycles. The number of hydrogen-bond acceptors (Lipinski definition) is 3. The Morgan fingerprint density at radius 1 is 1.05 bits per heavy atom. The van der Waals surface area contributed by atoms with Gasteiger partial charge in [-0.05, 0) is 29.8 Å². The largest absolute Gasteiger partial charge is 0.457 e. The quantitative estimate of drug-likeness (QED) is 0.607. The SMILES string of the molecule is CC(=O)O[C@H](CCl)c1ccc(Oc2ccccc2)cc1. The van der Waals surface area contributed by atoms with E-state index in [1.807, 2.05) is 54.6 Å². The van der Waals surface area contributed by atoms with Crippen LogP contribution in [0, 0.1) is 0 Å². The van der Waals surface area contributed by atoms with Crippen LogP contribution in [0.3, 0.4) is 0 Å². The predicted octanol–water partition coefficient (Wildman–Crippen LogP) is 4.32. The Balaban J connectivity index is 2.07. The molecule has 2 rings (SSSR count). The van der Waals surface area contributed by atoms with E-state index in [0.29, 0.717) is 0 Å². The average molecular weight is 291 g/mol. The molecule has 20 heavy (non-hydrogen) atoms. The summed E-state index contributed by atoms with van der Waals surface area (Å²) < 4.78 is 10.8. The second-order valence-corrected chi connectivity index (χ2v) is 4.55. The highest BCUT2D eigenvalue weighted by atomic mass is 35.5. The molecule has 2 aromatic carbocycles. The van der Waals surface area contributed by atoms with Crippen molar-refractivity contribution in [2.75, 3.05) is 5.88 Å². The highest BCUT2D eigenvalue weighted by molar-refractivity contribution is 6.18. The van der Waals surface area contributed by atoms with Gasteiger partial charge in [0.15, 0.2) is 0 Å². The summed E-state index contributed by atoms with van der Waals surface area (Å²) in [5, 5.41) is 0. The number of hydrogen-bond donors (Lipinski definition) is 0. The molecule has 0 unspecified atom stereocenters. The molecule has 0 fully saturated rings. The third-order valence-corrected chi connectivity index (χ3v) is 2.96. The van der Waals surface area contributed by atoms with Gasteiger partial charge >= 0.3 is 5.97 Å². The van der Waals surface area contributed by atoms with Crippen LogP contribution >= 0.6 is 11.6 Å². The Kier molecular flexibility index (Phi) is 5.02. The lowest BCUT2D eigenvalue weighted by Crippen LogP contribution is -2.09. The maximum atomic E-state index is 11.0. The molecule has 0 radical (unpaired) electrons. The third-order valence-electron chi connectivity index (χ3n) is 2.68. The Morgan fingerprint density at radius 2 is 1.65 bits per heavy atom. The summed E-state index contributed by atoms with van der Waals surface area (Å²) >= 11 is 5.81. The molecule has 0 amide bonds. The van der Waals surface area contributed by atoms with Crippen molar-refractivity contribution in [3.8, 4) is 11.5 Å². The van der Waals surface area contributed by atoms with Gasteiger partial charge < -0.3 is 9.47 Å². The number of esters is 1. The number of rotatable bonds is 5. The molecule has 0 spiro atoms. The van der Waals surface area contributed by atoms with Crippen molar-refractivity contribution in [1.82, 2.24) is 0 Å². The van der Waals surface area contributed by atoms with Crippen LogP contribution in [-0.4, -0.2) is 11.8 Å². The molecule has 3 nitrogen and oxygen atoms in total. The van der Waals surface area contributed by atoms with Crippen LogP contribution in [0.15, 0.2) is 54.6 Å². The topological polar surface area (TPSA) is 35.5 Å². The van der Waals surface area contributed by atoms with Gasteiger partial charge in [-0.1, -0.05) is 30.3 Å².